The molecule has 1 heterocycles. The zero-order chi connectivity index (χ0) is 14.0. The van der Waals surface area contributed by atoms with E-state index in [1.54, 1.807) is 0 Å². The van der Waals surface area contributed by atoms with Crippen molar-refractivity contribution in [3.05, 3.63) is 16.0 Å². The Balaban J connectivity index is 2.09. The summed E-state index contributed by atoms with van der Waals surface area (Å²) in [5.74, 6) is -0.321. The van der Waals surface area contributed by atoms with Crippen molar-refractivity contribution in [2.75, 3.05) is 5.32 Å². The van der Waals surface area contributed by atoms with Gasteiger partial charge in [0.2, 0.25) is 5.91 Å². The van der Waals surface area contributed by atoms with E-state index in [1.807, 2.05) is 13.8 Å². The molecule has 1 saturated carbocycles. The molecule has 1 aliphatic carbocycles. The maximum atomic E-state index is 11.8. The second-order valence-electron chi connectivity index (χ2n) is 5.03. The van der Waals surface area contributed by atoms with Gasteiger partial charge in [0.25, 0.3) is 0 Å². The normalized spacial score (nSPS) is 14.4. The quantitative estimate of drug-likeness (QED) is 0.839. The Morgan fingerprint density at radius 2 is 2.11 bits per heavy atom. The Morgan fingerprint density at radius 3 is 2.63 bits per heavy atom. The molecule has 1 aromatic rings. The number of aromatic carboxylic acids is 1. The average Bonchev–Trinajstić information content (AvgIpc) is 3.10. The first-order valence-electron chi connectivity index (χ1n) is 6.68. The molecule has 0 radical (unpaired) electrons. The highest BCUT2D eigenvalue weighted by Gasteiger charge is 2.24. The van der Waals surface area contributed by atoms with Gasteiger partial charge < -0.3 is 10.4 Å². The fourth-order valence-corrected chi connectivity index (χ4v) is 3.40. The molecular weight excluding hydrogens is 262 g/mol. The molecule has 104 valence electrons. The highest BCUT2D eigenvalue weighted by atomic mass is 32.1. The van der Waals surface area contributed by atoms with E-state index in [4.69, 9.17) is 0 Å². The molecule has 0 spiro atoms. The van der Waals surface area contributed by atoms with Crippen molar-refractivity contribution in [3.8, 4) is 0 Å². The first kappa shape index (κ1) is 14.1. The second kappa shape index (κ2) is 5.74. The summed E-state index contributed by atoms with van der Waals surface area (Å²) >= 11 is 1.36. The SMILES string of the molecule is CCc1c(C)sc(NC(=O)CCC2CC2)c1C(=O)O. The van der Waals surface area contributed by atoms with Gasteiger partial charge in [-0.3, -0.25) is 4.79 Å². The third-order valence-corrected chi connectivity index (χ3v) is 4.57. The largest absolute Gasteiger partial charge is 0.478 e. The molecule has 1 amide bonds. The number of carboxylic acid groups (broad SMARTS) is 1. The Labute approximate surface area is 116 Å². The molecule has 5 heteroatoms. The van der Waals surface area contributed by atoms with Gasteiger partial charge >= 0.3 is 5.97 Å². The van der Waals surface area contributed by atoms with Crippen LogP contribution in [0.25, 0.3) is 0 Å². The average molecular weight is 281 g/mol. The Bertz CT molecular complexity index is 503. The molecule has 0 aliphatic heterocycles. The Hall–Kier alpha value is -1.36. The predicted molar refractivity (Wildman–Crippen MR) is 76.0 cm³/mol. The van der Waals surface area contributed by atoms with E-state index in [-0.39, 0.29) is 11.5 Å². The van der Waals surface area contributed by atoms with Gasteiger partial charge in [0, 0.05) is 11.3 Å². The molecule has 0 bridgehead atoms. The summed E-state index contributed by atoms with van der Waals surface area (Å²) in [4.78, 5) is 24.1. The third kappa shape index (κ3) is 3.35. The van der Waals surface area contributed by atoms with Crippen LogP contribution in [0.15, 0.2) is 0 Å². The Kier molecular flexibility index (Phi) is 4.24. The molecule has 0 atom stereocenters. The van der Waals surface area contributed by atoms with Crippen LogP contribution in [0.5, 0.6) is 0 Å². The molecule has 0 unspecified atom stereocenters. The van der Waals surface area contributed by atoms with Crippen LogP contribution in [0.3, 0.4) is 0 Å². The lowest BCUT2D eigenvalue weighted by molar-refractivity contribution is -0.116. The van der Waals surface area contributed by atoms with Gasteiger partial charge in [0.15, 0.2) is 0 Å². The molecule has 2 N–H and O–H groups in total. The highest BCUT2D eigenvalue weighted by molar-refractivity contribution is 7.16. The fourth-order valence-electron chi connectivity index (χ4n) is 2.25. The zero-order valence-electron chi connectivity index (χ0n) is 11.3. The maximum Gasteiger partial charge on any atom is 0.339 e. The van der Waals surface area contributed by atoms with Crippen molar-refractivity contribution in [1.82, 2.24) is 0 Å². The smallest absolute Gasteiger partial charge is 0.339 e. The summed E-state index contributed by atoms with van der Waals surface area (Å²) in [6.45, 7) is 3.83. The van der Waals surface area contributed by atoms with Gasteiger partial charge in [-0.05, 0) is 31.2 Å². The minimum Gasteiger partial charge on any atom is -0.478 e. The van der Waals surface area contributed by atoms with Crippen LogP contribution in [0.2, 0.25) is 0 Å². The van der Waals surface area contributed by atoms with Crippen molar-refractivity contribution < 1.29 is 14.7 Å². The van der Waals surface area contributed by atoms with Crippen LogP contribution in [0.4, 0.5) is 5.00 Å². The number of carbonyl (C=O) groups excluding carboxylic acids is 1. The first-order valence-corrected chi connectivity index (χ1v) is 7.50. The summed E-state index contributed by atoms with van der Waals surface area (Å²) in [6, 6.07) is 0. The molecule has 2 rings (SSSR count). The lowest BCUT2D eigenvalue weighted by atomic mass is 10.1. The zero-order valence-corrected chi connectivity index (χ0v) is 12.1. The van der Waals surface area contributed by atoms with E-state index in [1.165, 1.54) is 24.2 Å². The van der Waals surface area contributed by atoms with E-state index >= 15 is 0 Å². The monoisotopic (exact) mass is 281 g/mol. The summed E-state index contributed by atoms with van der Waals surface area (Å²) < 4.78 is 0. The van der Waals surface area contributed by atoms with Crippen molar-refractivity contribution in [1.29, 1.82) is 0 Å². The van der Waals surface area contributed by atoms with Gasteiger partial charge in [-0.1, -0.05) is 19.8 Å². The van der Waals surface area contributed by atoms with Crippen molar-refractivity contribution in [2.45, 2.75) is 46.0 Å². The molecule has 1 aliphatic rings. The molecule has 19 heavy (non-hydrogen) atoms. The summed E-state index contributed by atoms with van der Waals surface area (Å²) in [5, 5.41) is 12.5. The lowest BCUT2D eigenvalue weighted by Crippen LogP contribution is -2.13. The number of hydrogen-bond acceptors (Lipinski definition) is 3. The van der Waals surface area contributed by atoms with Gasteiger partial charge in [-0.2, -0.15) is 0 Å². The number of aryl methyl sites for hydroxylation is 1. The van der Waals surface area contributed by atoms with Crippen LogP contribution < -0.4 is 5.32 Å². The summed E-state index contributed by atoms with van der Waals surface area (Å²) in [6.07, 6.45) is 4.53. The number of nitrogens with one attached hydrogen (secondary N) is 1. The van der Waals surface area contributed by atoms with Crippen LogP contribution >= 0.6 is 11.3 Å². The standard InChI is InChI=1S/C14H19NO3S/c1-3-10-8(2)19-13(12(10)14(17)18)15-11(16)7-6-9-4-5-9/h9H,3-7H2,1-2H3,(H,15,16)(H,17,18). The Morgan fingerprint density at radius 1 is 1.42 bits per heavy atom. The molecule has 4 nitrogen and oxygen atoms in total. The van der Waals surface area contributed by atoms with Crippen LogP contribution in [-0.2, 0) is 11.2 Å². The van der Waals surface area contributed by atoms with Gasteiger partial charge in [-0.25, -0.2) is 4.79 Å². The number of carboxylic acids is 1. The van der Waals surface area contributed by atoms with E-state index in [0.717, 1.165) is 16.9 Å². The number of rotatable bonds is 6. The van der Waals surface area contributed by atoms with Crippen molar-refractivity contribution in [3.63, 3.8) is 0 Å². The maximum absolute atomic E-state index is 11.8. The van der Waals surface area contributed by atoms with Crippen LogP contribution in [0, 0.1) is 12.8 Å². The number of thiophene rings is 1. The molecule has 1 aromatic heterocycles. The molecule has 0 saturated heterocycles. The second-order valence-corrected chi connectivity index (χ2v) is 6.25. The van der Waals surface area contributed by atoms with E-state index in [9.17, 15) is 14.7 Å². The van der Waals surface area contributed by atoms with Crippen molar-refractivity contribution >= 4 is 28.2 Å². The van der Waals surface area contributed by atoms with E-state index in [2.05, 4.69) is 5.32 Å². The topological polar surface area (TPSA) is 66.4 Å². The van der Waals surface area contributed by atoms with Crippen LogP contribution in [-0.4, -0.2) is 17.0 Å². The number of carbonyl (C=O) groups is 2. The lowest BCUT2D eigenvalue weighted by Gasteiger charge is -2.04. The molecule has 1 fully saturated rings. The predicted octanol–water partition coefficient (Wildman–Crippen LogP) is 3.45. The minimum atomic E-state index is -0.960. The number of amides is 1. The minimum absolute atomic E-state index is 0.0710. The van der Waals surface area contributed by atoms with E-state index < -0.39 is 5.97 Å². The molecular formula is C14H19NO3S. The first-order chi connectivity index (χ1) is 9.02. The van der Waals surface area contributed by atoms with Gasteiger partial charge in [-0.15, -0.1) is 11.3 Å². The fraction of sp³-hybridized carbons (Fsp3) is 0.571. The summed E-state index contributed by atoms with van der Waals surface area (Å²) in [7, 11) is 0. The molecule has 0 aromatic carbocycles. The number of anilines is 1. The summed E-state index contributed by atoms with van der Waals surface area (Å²) in [5.41, 5.74) is 1.10. The third-order valence-electron chi connectivity index (χ3n) is 3.51. The van der Waals surface area contributed by atoms with Crippen LogP contribution in [0.1, 0.15) is 53.4 Å². The van der Waals surface area contributed by atoms with Gasteiger partial charge in [0.05, 0.1) is 5.56 Å². The van der Waals surface area contributed by atoms with E-state index in [0.29, 0.717) is 23.8 Å². The van der Waals surface area contributed by atoms with Gasteiger partial charge in [0.1, 0.15) is 5.00 Å². The number of hydrogen-bond donors (Lipinski definition) is 2. The highest BCUT2D eigenvalue weighted by Crippen LogP contribution is 2.35. The van der Waals surface area contributed by atoms with Crippen molar-refractivity contribution in [2.24, 2.45) is 5.92 Å².